The van der Waals surface area contributed by atoms with Crippen LogP contribution in [0.1, 0.15) is 20.3 Å². The van der Waals surface area contributed by atoms with Crippen LogP contribution >= 0.6 is 11.3 Å². The largest absolute Gasteiger partial charge is 0.361 e. The molecule has 7 heteroatoms. The summed E-state index contributed by atoms with van der Waals surface area (Å²) in [7, 11) is -3.24. The van der Waals surface area contributed by atoms with Crippen molar-refractivity contribution >= 4 is 32.2 Å². The second-order valence-electron chi connectivity index (χ2n) is 5.60. The van der Waals surface area contributed by atoms with Crippen LogP contribution in [-0.2, 0) is 10.0 Å². The van der Waals surface area contributed by atoms with Crippen LogP contribution in [0.25, 0.3) is 11.3 Å². The smallest absolute Gasteiger partial charge is 0.229 e. The minimum Gasteiger partial charge on any atom is -0.361 e. The van der Waals surface area contributed by atoms with Crippen molar-refractivity contribution in [3.63, 3.8) is 0 Å². The van der Waals surface area contributed by atoms with E-state index in [0.29, 0.717) is 11.6 Å². The van der Waals surface area contributed by atoms with Gasteiger partial charge in [0.2, 0.25) is 10.0 Å². The Kier molecular flexibility index (Phi) is 5.42. The molecule has 0 unspecified atom stereocenters. The van der Waals surface area contributed by atoms with Crippen molar-refractivity contribution in [3.05, 3.63) is 29.6 Å². The minimum absolute atomic E-state index is 0.553. The highest BCUT2D eigenvalue weighted by molar-refractivity contribution is 7.92. The topological polar surface area (TPSA) is 71.1 Å². The summed E-state index contributed by atoms with van der Waals surface area (Å²) < 4.78 is 24.8. The predicted molar refractivity (Wildman–Crippen MR) is 94.0 cm³/mol. The molecule has 0 saturated carbocycles. The van der Waals surface area contributed by atoms with Crippen molar-refractivity contribution in [1.82, 2.24) is 4.98 Å². The van der Waals surface area contributed by atoms with Crippen molar-refractivity contribution in [3.8, 4) is 11.3 Å². The van der Waals surface area contributed by atoms with Gasteiger partial charge in [-0.15, -0.1) is 11.3 Å². The summed E-state index contributed by atoms with van der Waals surface area (Å²) >= 11 is 1.58. The molecular weight excluding hydrogens is 318 g/mol. The van der Waals surface area contributed by atoms with Gasteiger partial charge in [0.15, 0.2) is 5.13 Å². The number of sulfonamides is 1. The Morgan fingerprint density at radius 2 is 1.91 bits per heavy atom. The Balaban J connectivity index is 2.01. The fourth-order valence-corrected chi connectivity index (χ4v) is 3.19. The van der Waals surface area contributed by atoms with Crippen LogP contribution in [0, 0.1) is 5.92 Å². The van der Waals surface area contributed by atoms with Gasteiger partial charge in [0.25, 0.3) is 0 Å². The van der Waals surface area contributed by atoms with E-state index < -0.39 is 10.0 Å². The van der Waals surface area contributed by atoms with Crippen LogP contribution in [0.15, 0.2) is 29.6 Å². The Morgan fingerprint density at radius 3 is 2.50 bits per heavy atom. The van der Waals surface area contributed by atoms with E-state index >= 15 is 0 Å². The fraction of sp³-hybridized carbons (Fsp3) is 0.400. The van der Waals surface area contributed by atoms with E-state index in [2.05, 4.69) is 28.9 Å². The number of aromatic nitrogens is 1. The maximum Gasteiger partial charge on any atom is 0.229 e. The Morgan fingerprint density at radius 1 is 1.23 bits per heavy atom. The summed E-state index contributed by atoms with van der Waals surface area (Å²) in [5.41, 5.74) is 2.41. The van der Waals surface area contributed by atoms with Gasteiger partial charge >= 0.3 is 0 Å². The van der Waals surface area contributed by atoms with Gasteiger partial charge in [0.05, 0.1) is 11.9 Å². The number of benzene rings is 1. The Bertz CT molecular complexity index is 707. The van der Waals surface area contributed by atoms with Crippen LogP contribution in [0.3, 0.4) is 0 Å². The predicted octanol–water partition coefficient (Wildman–Crippen LogP) is 3.64. The molecule has 5 nitrogen and oxygen atoms in total. The lowest BCUT2D eigenvalue weighted by molar-refractivity contribution is 0.606. The zero-order valence-corrected chi connectivity index (χ0v) is 14.6. The van der Waals surface area contributed by atoms with Gasteiger partial charge in [0.1, 0.15) is 0 Å². The van der Waals surface area contributed by atoms with Crippen molar-refractivity contribution in [2.24, 2.45) is 5.92 Å². The molecule has 0 saturated heterocycles. The minimum atomic E-state index is -3.24. The fourth-order valence-electron chi connectivity index (χ4n) is 1.88. The van der Waals surface area contributed by atoms with Gasteiger partial charge in [-0.2, -0.15) is 0 Å². The molecule has 0 atom stereocenters. The first-order valence-corrected chi connectivity index (χ1v) is 9.88. The Labute approximate surface area is 135 Å². The molecule has 0 amide bonds. The molecular formula is C15H21N3O2S2. The SMILES string of the molecule is CC(C)CCNc1nc(-c2ccc(NS(C)(=O)=O)cc2)cs1. The lowest BCUT2D eigenvalue weighted by Crippen LogP contribution is -2.09. The molecule has 1 aromatic carbocycles. The third-order valence-electron chi connectivity index (χ3n) is 2.99. The molecule has 0 bridgehead atoms. The zero-order chi connectivity index (χ0) is 16.2. The molecule has 0 radical (unpaired) electrons. The Hall–Kier alpha value is -1.60. The van der Waals surface area contributed by atoms with E-state index in [1.165, 1.54) is 0 Å². The summed E-state index contributed by atoms with van der Waals surface area (Å²) in [6.45, 7) is 5.31. The van der Waals surface area contributed by atoms with Gasteiger partial charge in [-0.05, 0) is 24.5 Å². The molecule has 120 valence electrons. The maximum absolute atomic E-state index is 11.2. The number of rotatable bonds is 7. The van der Waals surface area contributed by atoms with Gasteiger partial charge in [-0.1, -0.05) is 26.0 Å². The normalized spacial score (nSPS) is 11.6. The van der Waals surface area contributed by atoms with Crippen molar-refractivity contribution in [2.45, 2.75) is 20.3 Å². The summed E-state index contributed by atoms with van der Waals surface area (Å²) in [6, 6.07) is 7.20. The van der Waals surface area contributed by atoms with Gasteiger partial charge < -0.3 is 5.32 Å². The van der Waals surface area contributed by atoms with Crippen LogP contribution < -0.4 is 10.0 Å². The van der Waals surface area contributed by atoms with E-state index in [1.54, 1.807) is 23.5 Å². The van der Waals surface area contributed by atoms with Crippen LogP contribution in [0.5, 0.6) is 0 Å². The second-order valence-corrected chi connectivity index (χ2v) is 8.21. The molecule has 2 rings (SSSR count). The number of nitrogens with one attached hydrogen (secondary N) is 2. The van der Waals surface area contributed by atoms with Crippen molar-refractivity contribution < 1.29 is 8.42 Å². The van der Waals surface area contributed by atoms with Crippen LogP contribution in [0.4, 0.5) is 10.8 Å². The highest BCUT2D eigenvalue weighted by Gasteiger charge is 2.06. The number of thiazole rings is 1. The van der Waals surface area contributed by atoms with Crippen molar-refractivity contribution in [1.29, 1.82) is 0 Å². The van der Waals surface area contributed by atoms with Gasteiger partial charge in [-0.3, -0.25) is 4.72 Å². The number of nitrogens with zero attached hydrogens (tertiary/aromatic N) is 1. The van der Waals surface area contributed by atoms with E-state index in [4.69, 9.17) is 0 Å². The first-order chi connectivity index (χ1) is 10.3. The lowest BCUT2D eigenvalue weighted by atomic mass is 10.1. The highest BCUT2D eigenvalue weighted by Crippen LogP contribution is 2.26. The molecule has 22 heavy (non-hydrogen) atoms. The molecule has 0 spiro atoms. The van der Waals surface area contributed by atoms with Gasteiger partial charge in [-0.25, -0.2) is 13.4 Å². The number of anilines is 2. The average Bonchev–Trinajstić information content (AvgIpc) is 2.86. The van der Waals surface area contributed by atoms with E-state index in [-0.39, 0.29) is 0 Å². The van der Waals surface area contributed by atoms with E-state index in [1.807, 2.05) is 17.5 Å². The molecule has 2 N–H and O–H groups in total. The molecule has 1 heterocycles. The molecule has 0 aliphatic rings. The summed E-state index contributed by atoms with van der Waals surface area (Å²) in [6.07, 6.45) is 2.25. The molecule has 2 aromatic rings. The monoisotopic (exact) mass is 339 g/mol. The third-order valence-corrected chi connectivity index (χ3v) is 4.39. The quantitative estimate of drug-likeness (QED) is 0.808. The van der Waals surface area contributed by atoms with Gasteiger partial charge in [0, 0.05) is 23.2 Å². The number of hydrogen-bond donors (Lipinski definition) is 2. The first kappa shape index (κ1) is 16.8. The summed E-state index contributed by atoms with van der Waals surface area (Å²) in [5, 5.41) is 6.23. The maximum atomic E-state index is 11.2. The zero-order valence-electron chi connectivity index (χ0n) is 13.0. The van der Waals surface area contributed by atoms with E-state index in [9.17, 15) is 8.42 Å². The first-order valence-electron chi connectivity index (χ1n) is 7.11. The molecule has 0 aliphatic heterocycles. The lowest BCUT2D eigenvalue weighted by Gasteiger charge is -2.05. The average molecular weight is 339 g/mol. The molecule has 0 aliphatic carbocycles. The van der Waals surface area contributed by atoms with Crippen LogP contribution in [0.2, 0.25) is 0 Å². The highest BCUT2D eigenvalue weighted by atomic mass is 32.2. The standard InChI is InChI=1S/C15H21N3O2S2/c1-11(2)8-9-16-15-17-14(10-21-15)12-4-6-13(7-5-12)18-22(3,19)20/h4-7,10-11,18H,8-9H2,1-3H3,(H,16,17). The summed E-state index contributed by atoms with van der Waals surface area (Å²) in [4.78, 5) is 4.55. The van der Waals surface area contributed by atoms with Crippen LogP contribution in [-0.4, -0.2) is 26.2 Å². The third kappa shape index (κ3) is 5.31. The van der Waals surface area contributed by atoms with Crippen molar-refractivity contribution in [2.75, 3.05) is 22.8 Å². The van der Waals surface area contributed by atoms with E-state index in [0.717, 1.165) is 35.6 Å². The summed E-state index contributed by atoms with van der Waals surface area (Å²) in [5.74, 6) is 0.668. The molecule has 0 fully saturated rings. The molecule has 1 aromatic heterocycles. The second kappa shape index (κ2) is 7.11. The number of hydrogen-bond acceptors (Lipinski definition) is 5.